The van der Waals surface area contributed by atoms with E-state index >= 15 is 0 Å². The molecule has 0 amide bonds. The van der Waals surface area contributed by atoms with E-state index < -0.39 is 10.4 Å². The predicted molar refractivity (Wildman–Crippen MR) is 253 cm³/mol. The number of carbonyl (C=O) groups is 2. The fourth-order valence-electron chi connectivity index (χ4n) is 8.54. The Morgan fingerprint density at radius 2 is 0.721 bits per heavy atom. The van der Waals surface area contributed by atoms with Crippen LogP contribution in [0.15, 0.2) is 0 Å². The number of aliphatic hydroxyl groups excluding tert-OH is 1. The molecule has 0 bridgehead atoms. The minimum absolute atomic E-state index is 0.0751. The van der Waals surface area contributed by atoms with Gasteiger partial charge in [-0.1, -0.05) is 214 Å². The summed E-state index contributed by atoms with van der Waals surface area (Å²) in [6.07, 6.45) is 40.6. The van der Waals surface area contributed by atoms with Gasteiger partial charge in [0.05, 0.1) is 53.6 Å². The Morgan fingerprint density at radius 1 is 0.492 bits per heavy atom. The van der Waals surface area contributed by atoms with E-state index in [1.54, 1.807) is 0 Å². The molecule has 0 aromatic heterocycles. The van der Waals surface area contributed by atoms with Crippen molar-refractivity contribution < 1.29 is 45.8 Å². The van der Waals surface area contributed by atoms with Crippen molar-refractivity contribution in [2.45, 2.75) is 240 Å². The van der Waals surface area contributed by atoms with E-state index in [4.69, 9.17) is 9.47 Å². The number of ether oxygens (including phenoxy) is 2. The second-order valence-electron chi connectivity index (χ2n) is 19.0. The summed E-state index contributed by atoms with van der Waals surface area (Å²) < 4.78 is 43.2. The van der Waals surface area contributed by atoms with Crippen LogP contribution in [-0.4, -0.2) is 88.1 Å². The Morgan fingerprint density at radius 3 is 0.951 bits per heavy atom. The number of nitrogens with zero attached hydrogens (tertiary/aromatic N) is 1. The summed E-state index contributed by atoms with van der Waals surface area (Å²) in [6, 6.07) is 0. The van der Waals surface area contributed by atoms with Gasteiger partial charge in [0.2, 0.25) is 10.4 Å². The lowest BCUT2D eigenvalue weighted by molar-refractivity contribution is -0.918. The van der Waals surface area contributed by atoms with Crippen molar-refractivity contribution in [2.75, 3.05) is 53.6 Å². The van der Waals surface area contributed by atoms with Gasteiger partial charge in [0.1, 0.15) is 0 Å². The van der Waals surface area contributed by atoms with Crippen LogP contribution in [0.3, 0.4) is 0 Å². The molecule has 0 spiro atoms. The van der Waals surface area contributed by atoms with E-state index in [1.165, 1.54) is 167 Å². The molecule has 0 rings (SSSR count). The first-order valence-corrected chi connectivity index (χ1v) is 26.8. The highest BCUT2D eigenvalue weighted by Crippen LogP contribution is 2.19. The monoisotopic (exact) mass is 892 g/mol. The van der Waals surface area contributed by atoms with E-state index in [1.807, 2.05) is 0 Å². The van der Waals surface area contributed by atoms with Crippen LogP contribution in [0.25, 0.3) is 0 Å². The largest absolute Gasteiger partial charge is 0.726 e. The first-order valence-electron chi connectivity index (χ1n) is 25.5. The van der Waals surface area contributed by atoms with Crippen molar-refractivity contribution in [1.82, 2.24) is 0 Å². The van der Waals surface area contributed by atoms with Gasteiger partial charge in [0, 0.05) is 30.6 Å². The molecule has 0 saturated carbocycles. The molecular weight excluding hydrogens is 791 g/mol. The standard InChI is InChI=1S/C49H98NO5.CH4O4S/c1-7-9-11-13-15-17-19-21-23-25-27-29-31-33-35-37-48(52)54-43-46(4)40-50(6,39-45(3)42-51)41-47(5)44-55-49(53)38-36-34-32-30-28-26-24-22-20-18-16-14-12-10-8-2;1-5-6(2,3)4/h45-47,51H,7-44H2,1-6H3;1H3,(H,2,3,4)/q+1;/p-1. The second kappa shape index (κ2) is 44.0. The quantitative estimate of drug-likeness (QED) is 0.0208. The first kappa shape index (κ1) is 61.8. The van der Waals surface area contributed by atoms with Crippen molar-refractivity contribution in [3.05, 3.63) is 0 Å². The second-order valence-corrected chi connectivity index (χ2v) is 20.2. The number of hydrogen-bond donors (Lipinski definition) is 1. The lowest BCUT2D eigenvalue weighted by atomic mass is 10.0. The zero-order valence-electron chi connectivity index (χ0n) is 41.2. The van der Waals surface area contributed by atoms with Crippen molar-refractivity contribution in [3.63, 3.8) is 0 Å². The van der Waals surface area contributed by atoms with Gasteiger partial charge >= 0.3 is 11.9 Å². The average molecular weight is 892 g/mol. The van der Waals surface area contributed by atoms with E-state index in [0.717, 1.165) is 56.9 Å². The van der Waals surface area contributed by atoms with Crippen molar-refractivity contribution >= 4 is 22.3 Å². The number of hydrogen-bond acceptors (Lipinski definition) is 9. The Balaban J connectivity index is 0. The van der Waals surface area contributed by atoms with Crippen LogP contribution in [0, 0.1) is 17.8 Å². The smallest absolute Gasteiger partial charge is 0.305 e. The molecule has 0 aromatic carbocycles. The van der Waals surface area contributed by atoms with Gasteiger partial charge in [0.15, 0.2) is 0 Å². The molecule has 0 aliphatic heterocycles. The Kier molecular flexibility index (Phi) is 44.5. The van der Waals surface area contributed by atoms with Crippen LogP contribution in [0.1, 0.15) is 240 Å². The molecule has 0 radical (unpaired) electrons. The maximum absolute atomic E-state index is 12.5. The molecule has 0 aliphatic rings. The third-order valence-electron chi connectivity index (χ3n) is 11.8. The summed E-state index contributed by atoms with van der Waals surface area (Å²) in [5.41, 5.74) is 0. The average Bonchev–Trinajstić information content (AvgIpc) is 3.21. The molecule has 0 fully saturated rings. The lowest BCUT2D eigenvalue weighted by Crippen LogP contribution is -2.53. The van der Waals surface area contributed by atoms with E-state index in [2.05, 4.69) is 45.8 Å². The minimum atomic E-state index is -4.41. The summed E-state index contributed by atoms with van der Waals surface area (Å²) >= 11 is 0. The highest BCUT2D eigenvalue weighted by atomic mass is 32.3. The highest BCUT2D eigenvalue weighted by Gasteiger charge is 2.30. The van der Waals surface area contributed by atoms with Crippen LogP contribution < -0.4 is 0 Å². The summed E-state index contributed by atoms with van der Waals surface area (Å²) in [7, 11) is -1.37. The summed E-state index contributed by atoms with van der Waals surface area (Å²) in [6.45, 7) is 14.5. The summed E-state index contributed by atoms with van der Waals surface area (Å²) in [5.74, 6) is 0.439. The molecule has 10 nitrogen and oxygen atoms in total. The molecule has 0 heterocycles. The molecule has 366 valence electrons. The summed E-state index contributed by atoms with van der Waals surface area (Å²) in [5, 5.41) is 9.83. The number of carbonyl (C=O) groups excluding carboxylic acids is 2. The van der Waals surface area contributed by atoms with Gasteiger partial charge in [-0.15, -0.1) is 0 Å². The van der Waals surface area contributed by atoms with Crippen molar-refractivity contribution in [3.8, 4) is 0 Å². The fourth-order valence-corrected chi connectivity index (χ4v) is 8.54. The van der Waals surface area contributed by atoms with Crippen molar-refractivity contribution in [2.24, 2.45) is 17.8 Å². The normalized spacial score (nSPS) is 14.1. The van der Waals surface area contributed by atoms with E-state index in [0.29, 0.717) is 26.1 Å². The van der Waals surface area contributed by atoms with Gasteiger partial charge in [0.25, 0.3) is 0 Å². The molecule has 0 saturated heterocycles. The molecule has 0 aromatic rings. The topological polar surface area (TPSA) is 139 Å². The number of quaternary nitrogens is 1. The Hall–Kier alpha value is -1.27. The first-order chi connectivity index (χ1) is 29.2. The van der Waals surface area contributed by atoms with Crippen LogP contribution in [-0.2, 0) is 33.6 Å². The fraction of sp³-hybridized carbons (Fsp3) is 0.960. The lowest BCUT2D eigenvalue weighted by Gasteiger charge is -2.40. The van der Waals surface area contributed by atoms with Crippen LogP contribution in [0.2, 0.25) is 0 Å². The molecule has 1 N–H and O–H groups in total. The summed E-state index contributed by atoms with van der Waals surface area (Å²) in [4.78, 5) is 25.0. The van der Waals surface area contributed by atoms with E-state index in [-0.39, 0.29) is 36.3 Å². The molecule has 3 unspecified atom stereocenters. The third-order valence-corrected chi connectivity index (χ3v) is 12.2. The number of aliphatic hydroxyl groups is 1. The molecular formula is C50H101NO9S. The molecule has 11 heteroatoms. The van der Waals surface area contributed by atoms with Gasteiger partial charge in [-0.25, -0.2) is 8.42 Å². The zero-order chi connectivity index (χ0) is 45.9. The molecule has 61 heavy (non-hydrogen) atoms. The van der Waals surface area contributed by atoms with Crippen LogP contribution >= 0.6 is 0 Å². The van der Waals surface area contributed by atoms with Crippen LogP contribution in [0.4, 0.5) is 0 Å². The maximum atomic E-state index is 12.5. The zero-order valence-corrected chi connectivity index (χ0v) is 42.0. The molecule has 0 aliphatic carbocycles. The maximum Gasteiger partial charge on any atom is 0.305 e. The molecule has 3 atom stereocenters. The predicted octanol–water partition coefficient (Wildman–Crippen LogP) is 13.0. The minimum Gasteiger partial charge on any atom is -0.726 e. The van der Waals surface area contributed by atoms with Crippen LogP contribution in [0.5, 0.6) is 0 Å². The van der Waals surface area contributed by atoms with Gasteiger partial charge in [-0.3, -0.25) is 13.8 Å². The number of unbranched alkanes of at least 4 members (excludes halogenated alkanes) is 28. The highest BCUT2D eigenvalue weighted by molar-refractivity contribution is 7.80. The SMILES string of the molecule is CCCCCCCCCCCCCCCCCC(=O)OCC(C)C[N+](C)(CC(C)CO)CC(C)COC(=O)CCCCCCCCCCCCCCCCC.COS(=O)(=O)[O-]. The third kappa shape index (κ3) is 48.0. The van der Waals surface area contributed by atoms with Gasteiger partial charge in [-0.2, -0.15) is 0 Å². The van der Waals surface area contributed by atoms with E-state index in [9.17, 15) is 27.7 Å². The number of esters is 2. The Bertz CT molecular complexity index is 1020. The van der Waals surface area contributed by atoms with Gasteiger partial charge < -0.3 is 23.6 Å². The Labute approximate surface area is 378 Å². The number of rotatable bonds is 44. The van der Waals surface area contributed by atoms with Crippen molar-refractivity contribution in [1.29, 1.82) is 0 Å². The van der Waals surface area contributed by atoms with Gasteiger partial charge in [-0.05, 0) is 12.8 Å².